The van der Waals surface area contributed by atoms with Gasteiger partial charge in [0.1, 0.15) is 23.1 Å². The van der Waals surface area contributed by atoms with Gasteiger partial charge in [-0.05, 0) is 42.7 Å². The fourth-order valence-corrected chi connectivity index (χ4v) is 6.88. The molecule has 3 atom stereocenters. The molecule has 10 heteroatoms. The van der Waals surface area contributed by atoms with E-state index >= 15 is 4.39 Å². The molecule has 3 unspecified atom stereocenters. The zero-order valence-corrected chi connectivity index (χ0v) is 22.5. The second-order valence-electron chi connectivity index (χ2n) is 11.1. The number of rotatable bonds is 4. The number of nitrogens with one attached hydrogen (secondary N) is 2. The van der Waals surface area contributed by atoms with E-state index in [-0.39, 0.29) is 23.3 Å². The first-order valence-corrected chi connectivity index (χ1v) is 14.2. The lowest BCUT2D eigenvalue weighted by Gasteiger charge is -2.34. The van der Waals surface area contributed by atoms with Crippen molar-refractivity contribution in [1.82, 2.24) is 30.5 Å². The number of anilines is 1. The molecule has 3 aliphatic rings. The lowest BCUT2D eigenvalue weighted by atomic mass is 9.96. The minimum absolute atomic E-state index is 0.115. The van der Waals surface area contributed by atoms with E-state index < -0.39 is 5.82 Å². The number of benzene rings is 2. The highest BCUT2D eigenvalue weighted by molar-refractivity contribution is 6.36. The first-order chi connectivity index (χ1) is 19.6. The average molecular weight is 556 g/mol. The van der Waals surface area contributed by atoms with Gasteiger partial charge in [0.25, 0.3) is 0 Å². The van der Waals surface area contributed by atoms with E-state index in [1.165, 1.54) is 0 Å². The third-order valence-electron chi connectivity index (χ3n) is 8.51. The highest BCUT2D eigenvalue weighted by atomic mass is 35.5. The number of pyridine rings is 1. The van der Waals surface area contributed by atoms with Crippen LogP contribution < -0.4 is 15.0 Å². The number of halogens is 2. The Morgan fingerprint density at radius 2 is 1.82 bits per heavy atom. The van der Waals surface area contributed by atoms with Gasteiger partial charge in [-0.25, -0.2) is 4.39 Å². The van der Waals surface area contributed by atoms with E-state index in [9.17, 15) is 0 Å². The van der Waals surface area contributed by atoms with Crippen LogP contribution in [0.1, 0.15) is 30.5 Å². The van der Waals surface area contributed by atoms with Crippen molar-refractivity contribution < 1.29 is 9.13 Å². The smallest absolute Gasteiger partial charge is 0.319 e. The van der Waals surface area contributed by atoms with E-state index in [2.05, 4.69) is 30.4 Å². The molecule has 0 spiro atoms. The molecular weight excluding hydrogens is 529 g/mol. The molecule has 2 fully saturated rings. The molecular formula is C30H27ClFN7O. The molecule has 202 valence electrons. The second kappa shape index (κ2) is 9.38. The summed E-state index contributed by atoms with van der Waals surface area (Å²) in [6.07, 6.45) is 8.04. The molecule has 2 saturated heterocycles. The van der Waals surface area contributed by atoms with Gasteiger partial charge >= 0.3 is 6.01 Å². The SMILES string of the molecule is Fc1c(-c2cccc3cccc(Cl)c23)ncc2c(N3CC4CCC(C3)N4)nc(OC3CCc4[nH]ncc4C3)nc12. The number of hydrogen-bond donors (Lipinski definition) is 2. The fourth-order valence-electron chi connectivity index (χ4n) is 6.60. The zero-order chi connectivity index (χ0) is 26.8. The fraction of sp³-hybridized carbons (Fsp3) is 0.333. The van der Waals surface area contributed by atoms with Crippen molar-refractivity contribution in [2.75, 3.05) is 18.0 Å². The van der Waals surface area contributed by atoms with E-state index in [4.69, 9.17) is 21.3 Å². The van der Waals surface area contributed by atoms with E-state index in [1.807, 2.05) is 42.6 Å². The Morgan fingerprint density at radius 1 is 1.00 bits per heavy atom. The van der Waals surface area contributed by atoms with Crippen LogP contribution >= 0.6 is 11.6 Å². The van der Waals surface area contributed by atoms with Crippen LogP contribution in [0, 0.1) is 5.82 Å². The summed E-state index contributed by atoms with van der Waals surface area (Å²) in [6, 6.07) is 12.3. The molecule has 2 aliphatic heterocycles. The molecule has 1 aliphatic carbocycles. The Bertz CT molecular complexity index is 1760. The van der Waals surface area contributed by atoms with Crippen LogP contribution in [0.4, 0.5) is 10.2 Å². The first-order valence-electron chi connectivity index (χ1n) is 13.8. The van der Waals surface area contributed by atoms with Gasteiger partial charge in [-0.1, -0.05) is 41.9 Å². The molecule has 8 rings (SSSR count). The number of hydrogen-bond acceptors (Lipinski definition) is 7. The van der Waals surface area contributed by atoms with Crippen LogP contribution in [0.25, 0.3) is 32.9 Å². The van der Waals surface area contributed by atoms with Gasteiger partial charge in [0.05, 0.1) is 11.6 Å². The zero-order valence-electron chi connectivity index (χ0n) is 21.7. The van der Waals surface area contributed by atoms with Crippen molar-refractivity contribution in [3.63, 3.8) is 0 Å². The molecule has 0 radical (unpaired) electrons. The van der Waals surface area contributed by atoms with Crippen LogP contribution in [0.5, 0.6) is 6.01 Å². The second-order valence-corrected chi connectivity index (χ2v) is 11.5. The van der Waals surface area contributed by atoms with Crippen molar-refractivity contribution >= 4 is 39.1 Å². The molecule has 5 heterocycles. The van der Waals surface area contributed by atoms with Crippen molar-refractivity contribution in [2.45, 2.75) is 50.3 Å². The summed E-state index contributed by atoms with van der Waals surface area (Å²) in [7, 11) is 0. The normalized spacial score (nSPS) is 22.1. The molecule has 3 aromatic heterocycles. The lowest BCUT2D eigenvalue weighted by Crippen LogP contribution is -2.51. The summed E-state index contributed by atoms with van der Waals surface area (Å²) in [4.78, 5) is 16.4. The van der Waals surface area contributed by atoms with Crippen LogP contribution in [0.3, 0.4) is 0 Å². The van der Waals surface area contributed by atoms with Crippen LogP contribution in [0.15, 0.2) is 48.8 Å². The number of aryl methyl sites for hydroxylation is 1. The summed E-state index contributed by atoms with van der Waals surface area (Å²) < 4.78 is 22.9. The Hall–Kier alpha value is -3.82. The minimum Gasteiger partial charge on any atom is -0.460 e. The molecule has 0 saturated carbocycles. The van der Waals surface area contributed by atoms with Gasteiger partial charge in [0.15, 0.2) is 5.82 Å². The number of aromatic amines is 1. The molecule has 2 N–H and O–H groups in total. The Labute approximate surface area is 234 Å². The molecule has 2 aromatic carbocycles. The Balaban J connectivity index is 1.26. The maximum absolute atomic E-state index is 16.5. The molecule has 2 bridgehead atoms. The van der Waals surface area contributed by atoms with Crippen molar-refractivity contribution in [3.05, 3.63) is 70.9 Å². The summed E-state index contributed by atoms with van der Waals surface area (Å²) >= 11 is 6.59. The van der Waals surface area contributed by atoms with Gasteiger partial charge in [-0.15, -0.1) is 0 Å². The summed E-state index contributed by atoms with van der Waals surface area (Å²) in [5.74, 6) is 0.171. The number of fused-ring (bicyclic) bond motifs is 5. The molecule has 0 amide bonds. The maximum atomic E-state index is 16.5. The average Bonchev–Trinajstić information content (AvgIpc) is 3.58. The number of H-pyrrole nitrogens is 1. The van der Waals surface area contributed by atoms with E-state index in [1.54, 1.807) is 6.20 Å². The number of nitrogens with zero attached hydrogens (tertiary/aromatic N) is 5. The summed E-state index contributed by atoms with van der Waals surface area (Å²) in [6.45, 7) is 1.60. The van der Waals surface area contributed by atoms with E-state index in [0.29, 0.717) is 40.3 Å². The highest BCUT2D eigenvalue weighted by Gasteiger charge is 2.34. The van der Waals surface area contributed by atoms with Crippen LogP contribution in [-0.4, -0.2) is 56.4 Å². The van der Waals surface area contributed by atoms with Crippen molar-refractivity contribution in [3.8, 4) is 17.3 Å². The lowest BCUT2D eigenvalue weighted by molar-refractivity contribution is 0.169. The predicted molar refractivity (Wildman–Crippen MR) is 152 cm³/mol. The van der Waals surface area contributed by atoms with Crippen molar-refractivity contribution in [1.29, 1.82) is 0 Å². The quantitative estimate of drug-likeness (QED) is 0.313. The first kappa shape index (κ1) is 24.0. The van der Waals surface area contributed by atoms with Crippen molar-refractivity contribution in [2.24, 2.45) is 0 Å². The number of ether oxygens (including phenoxy) is 1. The Kier molecular flexibility index (Phi) is 5.63. The van der Waals surface area contributed by atoms with Crippen LogP contribution in [-0.2, 0) is 12.8 Å². The van der Waals surface area contributed by atoms with Crippen LogP contribution in [0.2, 0.25) is 5.02 Å². The standard InChI is InChI=1S/C30H27ClFN7O/c31-23-6-2-4-16-3-1-5-21(25(16)23)27-26(32)28-22(13-33-27)29(39-14-18-7-8-19(15-39)35-18)37-30(36-28)40-20-9-10-24-17(11-20)12-34-38-24/h1-6,12-13,18-20,35H,7-11,14-15H2,(H,34,38). The maximum Gasteiger partial charge on any atom is 0.319 e. The number of aromatic nitrogens is 5. The third-order valence-corrected chi connectivity index (χ3v) is 8.83. The predicted octanol–water partition coefficient (Wildman–Crippen LogP) is 5.24. The van der Waals surface area contributed by atoms with Gasteiger partial charge in [-0.2, -0.15) is 15.1 Å². The number of piperazine rings is 1. The topological polar surface area (TPSA) is 91.8 Å². The largest absolute Gasteiger partial charge is 0.460 e. The summed E-state index contributed by atoms with van der Waals surface area (Å²) in [5, 5.41) is 13.7. The van der Waals surface area contributed by atoms with Gasteiger partial charge in [0.2, 0.25) is 0 Å². The van der Waals surface area contributed by atoms with Gasteiger partial charge in [-0.3, -0.25) is 10.1 Å². The molecule has 40 heavy (non-hydrogen) atoms. The van der Waals surface area contributed by atoms with E-state index in [0.717, 1.165) is 60.8 Å². The third kappa shape index (κ3) is 3.98. The summed E-state index contributed by atoms with van der Waals surface area (Å²) in [5.41, 5.74) is 3.33. The highest BCUT2D eigenvalue weighted by Crippen LogP contribution is 2.38. The monoisotopic (exact) mass is 555 g/mol. The minimum atomic E-state index is -0.503. The molecule has 5 aromatic rings. The Morgan fingerprint density at radius 3 is 2.67 bits per heavy atom. The van der Waals surface area contributed by atoms with Gasteiger partial charge < -0.3 is 15.0 Å². The van der Waals surface area contributed by atoms with Gasteiger partial charge in [0, 0.05) is 59.5 Å². The molecule has 8 nitrogen and oxygen atoms in total.